The molecule has 1 aliphatic carbocycles. The Labute approximate surface area is 140 Å². The minimum atomic E-state index is -0.149. The minimum absolute atomic E-state index is 0.0399. The van der Waals surface area contributed by atoms with Gasteiger partial charge in [0.05, 0.1) is 23.8 Å². The van der Waals surface area contributed by atoms with Gasteiger partial charge in [0.2, 0.25) is 11.8 Å². The largest absolute Gasteiger partial charge is 0.324 e. The zero-order valence-electron chi connectivity index (χ0n) is 13.3. The maximum atomic E-state index is 12.4. The third-order valence-corrected chi connectivity index (χ3v) is 4.27. The van der Waals surface area contributed by atoms with Gasteiger partial charge in [0.15, 0.2) is 0 Å². The van der Waals surface area contributed by atoms with Crippen LogP contribution >= 0.6 is 0 Å². The molecule has 6 nitrogen and oxygen atoms in total. The molecule has 2 heterocycles. The molecule has 2 aromatic rings. The van der Waals surface area contributed by atoms with E-state index >= 15 is 0 Å². The second-order valence-corrected chi connectivity index (χ2v) is 6.02. The van der Waals surface area contributed by atoms with E-state index in [0.29, 0.717) is 17.8 Å². The van der Waals surface area contributed by atoms with Gasteiger partial charge in [0.1, 0.15) is 0 Å². The lowest BCUT2D eigenvalue weighted by molar-refractivity contribution is -0.124. The van der Waals surface area contributed by atoms with Crippen molar-refractivity contribution >= 4 is 23.2 Å². The Morgan fingerprint density at radius 1 is 0.875 bits per heavy atom. The van der Waals surface area contributed by atoms with Crippen LogP contribution in [0.25, 0.3) is 0 Å². The van der Waals surface area contributed by atoms with Gasteiger partial charge in [-0.2, -0.15) is 0 Å². The number of pyridine rings is 2. The summed E-state index contributed by atoms with van der Waals surface area (Å²) in [7, 11) is 0. The zero-order valence-corrected chi connectivity index (χ0v) is 13.3. The van der Waals surface area contributed by atoms with Gasteiger partial charge in [-0.15, -0.1) is 0 Å². The Kier molecular flexibility index (Phi) is 5.15. The Morgan fingerprint density at radius 3 is 1.79 bits per heavy atom. The molecule has 1 fully saturated rings. The maximum Gasteiger partial charge on any atom is 0.227 e. The number of nitrogens with zero attached hydrogens (tertiary/aromatic N) is 2. The summed E-state index contributed by atoms with van der Waals surface area (Å²) >= 11 is 0. The lowest BCUT2D eigenvalue weighted by Gasteiger charge is -2.27. The van der Waals surface area contributed by atoms with Crippen molar-refractivity contribution in [2.45, 2.75) is 25.7 Å². The molecule has 2 aromatic heterocycles. The monoisotopic (exact) mass is 324 g/mol. The number of rotatable bonds is 4. The summed E-state index contributed by atoms with van der Waals surface area (Å²) in [6, 6.07) is 7.17. The van der Waals surface area contributed by atoms with E-state index in [-0.39, 0.29) is 23.7 Å². The van der Waals surface area contributed by atoms with E-state index in [9.17, 15) is 9.59 Å². The molecule has 0 radical (unpaired) electrons. The molecule has 0 bridgehead atoms. The molecule has 0 unspecified atom stereocenters. The average molecular weight is 324 g/mol. The molecule has 0 aromatic carbocycles. The summed E-state index contributed by atoms with van der Waals surface area (Å²) in [6.07, 6.45) is 9.62. The number of nitrogens with one attached hydrogen (secondary N) is 2. The number of hydrogen-bond donors (Lipinski definition) is 2. The fraction of sp³-hybridized carbons (Fsp3) is 0.333. The van der Waals surface area contributed by atoms with Crippen molar-refractivity contribution in [3.8, 4) is 0 Å². The van der Waals surface area contributed by atoms with Gasteiger partial charge in [-0.3, -0.25) is 19.6 Å². The number of hydrogen-bond acceptors (Lipinski definition) is 4. The SMILES string of the molecule is O=C(Nc1cccnc1)[C@H]1CCC[C@H](C(=O)Nc2cccnc2)C1. The molecule has 24 heavy (non-hydrogen) atoms. The first-order valence-corrected chi connectivity index (χ1v) is 8.14. The number of carbonyl (C=O) groups is 2. The van der Waals surface area contributed by atoms with Crippen LogP contribution in [0, 0.1) is 11.8 Å². The Bertz CT molecular complexity index is 631. The molecular formula is C18H20N4O2. The minimum Gasteiger partial charge on any atom is -0.324 e. The van der Waals surface area contributed by atoms with E-state index in [1.165, 1.54) is 0 Å². The van der Waals surface area contributed by atoms with Crippen LogP contribution in [0.1, 0.15) is 25.7 Å². The highest BCUT2D eigenvalue weighted by Gasteiger charge is 2.31. The highest BCUT2D eigenvalue weighted by Crippen LogP contribution is 2.30. The van der Waals surface area contributed by atoms with E-state index in [2.05, 4.69) is 20.6 Å². The summed E-state index contributed by atoms with van der Waals surface area (Å²) < 4.78 is 0. The predicted molar refractivity (Wildman–Crippen MR) is 91.2 cm³/mol. The molecule has 3 rings (SSSR count). The van der Waals surface area contributed by atoms with E-state index in [1.807, 2.05) is 0 Å². The van der Waals surface area contributed by atoms with Crippen molar-refractivity contribution in [1.82, 2.24) is 9.97 Å². The van der Waals surface area contributed by atoms with Crippen molar-refractivity contribution < 1.29 is 9.59 Å². The summed E-state index contributed by atoms with van der Waals surface area (Å²) in [4.78, 5) is 32.8. The number of anilines is 2. The molecular weight excluding hydrogens is 304 g/mol. The maximum absolute atomic E-state index is 12.4. The highest BCUT2D eigenvalue weighted by atomic mass is 16.2. The second-order valence-electron chi connectivity index (χ2n) is 6.02. The van der Waals surface area contributed by atoms with Crippen molar-refractivity contribution in [3.63, 3.8) is 0 Å². The zero-order chi connectivity index (χ0) is 16.8. The van der Waals surface area contributed by atoms with Gasteiger partial charge in [0.25, 0.3) is 0 Å². The van der Waals surface area contributed by atoms with E-state index in [1.54, 1.807) is 49.1 Å². The highest BCUT2D eigenvalue weighted by molar-refractivity contribution is 5.95. The number of aromatic nitrogens is 2. The molecule has 124 valence electrons. The molecule has 1 saturated carbocycles. The predicted octanol–water partition coefficient (Wildman–Crippen LogP) is 2.86. The second kappa shape index (κ2) is 7.68. The number of amides is 2. The summed E-state index contributed by atoms with van der Waals surface area (Å²) in [5, 5.41) is 5.76. The molecule has 0 spiro atoms. The first kappa shape index (κ1) is 16.1. The van der Waals surface area contributed by atoms with E-state index in [4.69, 9.17) is 0 Å². The molecule has 6 heteroatoms. The standard InChI is InChI=1S/C18H20N4O2/c23-17(21-15-6-2-8-19-11-15)13-4-1-5-14(10-13)18(24)22-16-7-3-9-20-12-16/h2-3,6-9,11-14H,1,4-5,10H2,(H,21,23)(H,22,24)/t13-,14-/m0/s1. The van der Waals surface area contributed by atoms with Gasteiger partial charge < -0.3 is 10.6 Å². The smallest absolute Gasteiger partial charge is 0.227 e. The van der Waals surface area contributed by atoms with Gasteiger partial charge in [0, 0.05) is 24.2 Å². The van der Waals surface area contributed by atoms with Gasteiger partial charge in [-0.1, -0.05) is 6.42 Å². The van der Waals surface area contributed by atoms with Crippen LogP contribution in [0.5, 0.6) is 0 Å². The molecule has 0 saturated heterocycles. The van der Waals surface area contributed by atoms with Crippen molar-refractivity contribution in [3.05, 3.63) is 49.1 Å². The molecule has 0 aliphatic heterocycles. The Hall–Kier alpha value is -2.76. The van der Waals surface area contributed by atoms with Gasteiger partial charge in [-0.25, -0.2) is 0 Å². The van der Waals surface area contributed by atoms with Crippen molar-refractivity contribution in [2.75, 3.05) is 10.6 Å². The average Bonchev–Trinajstić information content (AvgIpc) is 2.63. The van der Waals surface area contributed by atoms with Crippen molar-refractivity contribution in [2.24, 2.45) is 11.8 Å². The first-order chi connectivity index (χ1) is 11.7. The molecule has 1 aliphatic rings. The fourth-order valence-corrected chi connectivity index (χ4v) is 3.03. The van der Waals surface area contributed by atoms with Crippen LogP contribution in [0.3, 0.4) is 0 Å². The normalized spacial score (nSPS) is 20.2. The van der Waals surface area contributed by atoms with Crippen LogP contribution in [0.4, 0.5) is 11.4 Å². The fourth-order valence-electron chi connectivity index (χ4n) is 3.03. The van der Waals surface area contributed by atoms with Gasteiger partial charge in [-0.05, 0) is 43.5 Å². The quantitative estimate of drug-likeness (QED) is 0.906. The van der Waals surface area contributed by atoms with Crippen LogP contribution in [-0.4, -0.2) is 21.8 Å². The molecule has 2 N–H and O–H groups in total. The topological polar surface area (TPSA) is 84.0 Å². The summed E-state index contributed by atoms with van der Waals surface area (Å²) in [6.45, 7) is 0. The third-order valence-electron chi connectivity index (χ3n) is 4.27. The molecule has 2 atom stereocenters. The Morgan fingerprint density at radius 2 is 1.38 bits per heavy atom. The van der Waals surface area contributed by atoms with Crippen LogP contribution in [0.15, 0.2) is 49.1 Å². The van der Waals surface area contributed by atoms with E-state index < -0.39 is 0 Å². The Balaban J connectivity index is 1.57. The van der Waals surface area contributed by atoms with Gasteiger partial charge >= 0.3 is 0 Å². The lowest BCUT2D eigenvalue weighted by atomic mass is 9.80. The summed E-state index contributed by atoms with van der Waals surface area (Å²) in [5.74, 6) is -0.379. The lowest BCUT2D eigenvalue weighted by Crippen LogP contribution is -2.33. The number of carbonyl (C=O) groups excluding carboxylic acids is 2. The van der Waals surface area contributed by atoms with Crippen LogP contribution in [-0.2, 0) is 9.59 Å². The van der Waals surface area contributed by atoms with E-state index in [0.717, 1.165) is 19.3 Å². The van der Waals surface area contributed by atoms with Crippen LogP contribution < -0.4 is 10.6 Å². The molecule has 2 amide bonds. The van der Waals surface area contributed by atoms with Crippen molar-refractivity contribution in [1.29, 1.82) is 0 Å². The summed E-state index contributed by atoms with van der Waals surface area (Å²) in [5.41, 5.74) is 1.37. The van der Waals surface area contributed by atoms with Crippen LogP contribution in [0.2, 0.25) is 0 Å². The first-order valence-electron chi connectivity index (χ1n) is 8.14. The third kappa shape index (κ3) is 4.16.